The Morgan fingerprint density at radius 2 is 1.88 bits per heavy atom. The van der Waals surface area contributed by atoms with Crippen LogP contribution in [0, 0.1) is 6.92 Å². The summed E-state index contributed by atoms with van der Waals surface area (Å²) in [7, 11) is 0. The van der Waals surface area contributed by atoms with E-state index >= 15 is 0 Å². The maximum absolute atomic E-state index is 12.3. The van der Waals surface area contributed by atoms with Crippen LogP contribution in [0.4, 0.5) is 5.82 Å². The fourth-order valence-electron chi connectivity index (χ4n) is 2.26. The Morgan fingerprint density at radius 3 is 2.62 bits per heavy atom. The molecule has 0 radical (unpaired) electrons. The van der Waals surface area contributed by atoms with Crippen LogP contribution in [0.2, 0.25) is 10.0 Å². The maximum Gasteiger partial charge on any atom is 0.258 e. The van der Waals surface area contributed by atoms with Gasteiger partial charge in [0.15, 0.2) is 5.82 Å². The summed E-state index contributed by atoms with van der Waals surface area (Å²) >= 11 is 12.0. The van der Waals surface area contributed by atoms with Gasteiger partial charge in [-0.15, -0.1) is 0 Å². The molecule has 0 aliphatic rings. The molecule has 1 aromatic heterocycles. The second-order valence-corrected chi connectivity index (χ2v) is 6.22. The molecule has 0 spiro atoms. The summed E-state index contributed by atoms with van der Waals surface area (Å²) in [6.45, 7) is 2.68. The van der Waals surface area contributed by atoms with Crippen LogP contribution < -0.4 is 5.32 Å². The molecule has 3 rings (SSSR count). The van der Waals surface area contributed by atoms with Crippen molar-refractivity contribution in [3.05, 3.63) is 81.5 Å². The molecule has 3 aromatic rings. The lowest BCUT2D eigenvalue weighted by Crippen LogP contribution is -2.13. The number of rotatable bonds is 4. The molecule has 4 nitrogen and oxygen atoms in total. The normalized spacial score (nSPS) is 10.6. The summed E-state index contributed by atoms with van der Waals surface area (Å²) < 4.78 is 1.76. The van der Waals surface area contributed by atoms with Crippen LogP contribution in [-0.4, -0.2) is 15.7 Å². The Balaban J connectivity index is 1.70. The van der Waals surface area contributed by atoms with Crippen LogP contribution in [0.5, 0.6) is 0 Å². The SMILES string of the molecule is Cc1ccc(Cn2ccc(NC(=O)c3cccc(Cl)c3Cl)n2)cc1. The molecular weight excluding hydrogens is 345 g/mol. The average Bonchev–Trinajstić information content (AvgIpc) is 2.99. The largest absolute Gasteiger partial charge is 0.305 e. The van der Waals surface area contributed by atoms with Gasteiger partial charge < -0.3 is 5.32 Å². The van der Waals surface area contributed by atoms with Gasteiger partial charge in [0, 0.05) is 12.3 Å². The van der Waals surface area contributed by atoms with E-state index in [0.717, 1.165) is 5.56 Å². The Labute approximate surface area is 150 Å². The second kappa shape index (κ2) is 7.07. The van der Waals surface area contributed by atoms with Gasteiger partial charge in [0.25, 0.3) is 5.91 Å². The summed E-state index contributed by atoms with van der Waals surface area (Å²) in [5.74, 6) is 0.117. The molecule has 0 saturated carbocycles. The predicted octanol–water partition coefficient (Wildman–Crippen LogP) is 4.80. The number of benzene rings is 2. The van der Waals surface area contributed by atoms with Crippen molar-refractivity contribution in [2.45, 2.75) is 13.5 Å². The lowest BCUT2D eigenvalue weighted by atomic mass is 10.1. The summed E-state index contributed by atoms with van der Waals surface area (Å²) in [6.07, 6.45) is 1.81. The van der Waals surface area contributed by atoms with E-state index in [2.05, 4.69) is 34.7 Å². The highest BCUT2D eigenvalue weighted by Gasteiger charge is 2.13. The quantitative estimate of drug-likeness (QED) is 0.727. The topological polar surface area (TPSA) is 46.9 Å². The molecular formula is C18H15Cl2N3O. The Kier molecular flexibility index (Phi) is 4.88. The highest BCUT2D eigenvalue weighted by molar-refractivity contribution is 6.44. The third-order valence-electron chi connectivity index (χ3n) is 3.54. The highest BCUT2D eigenvalue weighted by Crippen LogP contribution is 2.26. The van der Waals surface area contributed by atoms with E-state index < -0.39 is 0 Å². The number of hydrogen-bond donors (Lipinski definition) is 1. The fraction of sp³-hybridized carbons (Fsp3) is 0.111. The summed E-state index contributed by atoms with van der Waals surface area (Å²) in [5.41, 5.74) is 2.67. The molecule has 1 amide bonds. The molecule has 0 saturated heterocycles. The second-order valence-electron chi connectivity index (χ2n) is 5.44. The number of carbonyl (C=O) groups excluding carboxylic acids is 1. The van der Waals surface area contributed by atoms with Gasteiger partial charge in [0.1, 0.15) is 0 Å². The van der Waals surface area contributed by atoms with E-state index in [4.69, 9.17) is 23.2 Å². The molecule has 0 atom stereocenters. The van der Waals surface area contributed by atoms with Gasteiger partial charge >= 0.3 is 0 Å². The monoisotopic (exact) mass is 359 g/mol. The van der Waals surface area contributed by atoms with Gasteiger partial charge in [-0.1, -0.05) is 59.1 Å². The zero-order valence-electron chi connectivity index (χ0n) is 13.0. The fourth-order valence-corrected chi connectivity index (χ4v) is 2.65. The summed E-state index contributed by atoms with van der Waals surface area (Å²) in [6, 6.07) is 14.9. The average molecular weight is 360 g/mol. The first kappa shape index (κ1) is 16.6. The number of halogens is 2. The van der Waals surface area contributed by atoms with E-state index in [1.54, 1.807) is 28.9 Å². The van der Waals surface area contributed by atoms with Crippen molar-refractivity contribution in [1.29, 1.82) is 0 Å². The number of nitrogens with one attached hydrogen (secondary N) is 1. The van der Waals surface area contributed by atoms with Crippen LogP contribution >= 0.6 is 23.2 Å². The minimum Gasteiger partial charge on any atom is -0.305 e. The predicted molar refractivity (Wildman–Crippen MR) is 96.9 cm³/mol. The van der Waals surface area contributed by atoms with Crippen molar-refractivity contribution in [3.8, 4) is 0 Å². The van der Waals surface area contributed by atoms with E-state index in [9.17, 15) is 4.79 Å². The van der Waals surface area contributed by atoms with Gasteiger partial charge in [0.05, 0.1) is 22.2 Å². The molecule has 2 aromatic carbocycles. The number of amides is 1. The van der Waals surface area contributed by atoms with Crippen LogP contribution in [-0.2, 0) is 6.54 Å². The standard InChI is InChI=1S/C18H15Cl2N3O/c1-12-5-7-13(8-6-12)11-23-10-9-16(22-23)21-18(24)14-3-2-4-15(19)17(14)20/h2-10H,11H2,1H3,(H,21,22,24). The van der Waals surface area contributed by atoms with E-state index in [1.165, 1.54) is 5.56 Å². The lowest BCUT2D eigenvalue weighted by molar-refractivity contribution is 0.102. The first-order chi connectivity index (χ1) is 11.5. The van der Waals surface area contributed by atoms with Crippen molar-refractivity contribution >= 4 is 34.9 Å². The zero-order chi connectivity index (χ0) is 17.1. The van der Waals surface area contributed by atoms with Gasteiger partial charge in [-0.3, -0.25) is 9.48 Å². The minimum atomic E-state index is -0.344. The molecule has 122 valence electrons. The molecule has 0 unspecified atom stereocenters. The van der Waals surface area contributed by atoms with Crippen molar-refractivity contribution in [1.82, 2.24) is 9.78 Å². The number of carbonyl (C=O) groups is 1. The molecule has 0 aliphatic carbocycles. The molecule has 0 aliphatic heterocycles. The molecule has 1 heterocycles. The number of aromatic nitrogens is 2. The number of nitrogens with zero attached hydrogens (tertiary/aromatic N) is 2. The van der Waals surface area contributed by atoms with Gasteiger partial charge in [-0.25, -0.2) is 0 Å². The van der Waals surface area contributed by atoms with Gasteiger partial charge in [-0.05, 0) is 24.6 Å². The van der Waals surface area contributed by atoms with Crippen molar-refractivity contribution in [2.24, 2.45) is 0 Å². The Bertz CT molecular complexity index is 872. The van der Waals surface area contributed by atoms with Crippen molar-refractivity contribution in [2.75, 3.05) is 5.32 Å². The Morgan fingerprint density at radius 1 is 1.12 bits per heavy atom. The van der Waals surface area contributed by atoms with Crippen LogP contribution in [0.15, 0.2) is 54.7 Å². The van der Waals surface area contributed by atoms with Crippen LogP contribution in [0.3, 0.4) is 0 Å². The smallest absolute Gasteiger partial charge is 0.258 e. The minimum absolute atomic E-state index is 0.232. The summed E-state index contributed by atoms with van der Waals surface area (Å²) in [4.78, 5) is 12.3. The van der Waals surface area contributed by atoms with Crippen molar-refractivity contribution < 1.29 is 4.79 Å². The van der Waals surface area contributed by atoms with Crippen molar-refractivity contribution in [3.63, 3.8) is 0 Å². The zero-order valence-corrected chi connectivity index (χ0v) is 14.5. The van der Waals surface area contributed by atoms with Crippen LogP contribution in [0.1, 0.15) is 21.5 Å². The number of hydrogen-bond acceptors (Lipinski definition) is 2. The van der Waals surface area contributed by atoms with Gasteiger partial charge in [-0.2, -0.15) is 5.10 Å². The molecule has 6 heteroatoms. The molecule has 24 heavy (non-hydrogen) atoms. The van der Waals surface area contributed by atoms with E-state index in [1.807, 2.05) is 13.1 Å². The molecule has 1 N–H and O–H groups in total. The molecule has 0 bridgehead atoms. The van der Waals surface area contributed by atoms with Crippen LogP contribution in [0.25, 0.3) is 0 Å². The number of anilines is 1. The third kappa shape index (κ3) is 3.78. The third-order valence-corrected chi connectivity index (χ3v) is 4.36. The van der Waals surface area contributed by atoms with E-state index in [0.29, 0.717) is 22.9 Å². The first-order valence-electron chi connectivity index (χ1n) is 7.37. The van der Waals surface area contributed by atoms with Gasteiger partial charge in [0.2, 0.25) is 0 Å². The van der Waals surface area contributed by atoms with E-state index in [-0.39, 0.29) is 10.9 Å². The number of aryl methyl sites for hydroxylation is 1. The summed E-state index contributed by atoms with van der Waals surface area (Å²) in [5, 5.41) is 7.66. The lowest BCUT2D eigenvalue weighted by Gasteiger charge is -2.06. The Hall–Kier alpha value is -2.30. The highest BCUT2D eigenvalue weighted by atomic mass is 35.5. The maximum atomic E-state index is 12.3. The first-order valence-corrected chi connectivity index (χ1v) is 8.13. The molecule has 0 fully saturated rings.